The smallest absolute Gasteiger partial charge is 0.287 e. The SMILES string of the molecule is CN(C)Cc1ccccc1CNC(=O)c1ccc(COc2ccc(Br)cc2)o1. The average molecular weight is 443 g/mol. The number of amides is 1. The van der Waals surface area contributed by atoms with Crippen LogP contribution in [0, 0.1) is 0 Å². The lowest BCUT2D eigenvalue weighted by molar-refractivity contribution is 0.0919. The largest absolute Gasteiger partial charge is 0.486 e. The number of furan rings is 1. The summed E-state index contributed by atoms with van der Waals surface area (Å²) in [6, 6.07) is 19.1. The van der Waals surface area contributed by atoms with Crippen LogP contribution in [-0.4, -0.2) is 24.9 Å². The fourth-order valence-corrected chi connectivity index (χ4v) is 3.01. The van der Waals surface area contributed by atoms with Crippen molar-refractivity contribution in [1.29, 1.82) is 0 Å². The molecule has 0 saturated carbocycles. The molecule has 5 nitrogen and oxygen atoms in total. The molecule has 0 fully saturated rings. The van der Waals surface area contributed by atoms with Crippen molar-refractivity contribution >= 4 is 21.8 Å². The highest BCUT2D eigenvalue weighted by Crippen LogP contribution is 2.18. The summed E-state index contributed by atoms with van der Waals surface area (Å²) >= 11 is 3.39. The van der Waals surface area contributed by atoms with Gasteiger partial charge in [0.25, 0.3) is 5.91 Å². The number of ether oxygens (including phenoxy) is 1. The highest BCUT2D eigenvalue weighted by molar-refractivity contribution is 9.10. The molecule has 0 aliphatic carbocycles. The Morgan fingerprint density at radius 3 is 2.46 bits per heavy atom. The maximum absolute atomic E-state index is 12.4. The number of nitrogens with one attached hydrogen (secondary N) is 1. The molecule has 3 rings (SSSR count). The van der Waals surface area contributed by atoms with Crippen molar-refractivity contribution in [3.63, 3.8) is 0 Å². The van der Waals surface area contributed by atoms with E-state index in [1.54, 1.807) is 12.1 Å². The van der Waals surface area contributed by atoms with Crippen molar-refractivity contribution in [2.24, 2.45) is 0 Å². The maximum atomic E-state index is 12.4. The topological polar surface area (TPSA) is 54.7 Å². The number of nitrogens with zero attached hydrogens (tertiary/aromatic N) is 1. The average Bonchev–Trinajstić information content (AvgIpc) is 3.15. The summed E-state index contributed by atoms with van der Waals surface area (Å²) in [6.07, 6.45) is 0. The number of carbonyl (C=O) groups excluding carboxylic acids is 1. The van der Waals surface area contributed by atoms with Gasteiger partial charge in [0.15, 0.2) is 5.76 Å². The van der Waals surface area contributed by atoms with Gasteiger partial charge in [-0.15, -0.1) is 0 Å². The van der Waals surface area contributed by atoms with Crippen LogP contribution in [0.15, 0.2) is 69.6 Å². The van der Waals surface area contributed by atoms with E-state index in [0.717, 1.165) is 22.3 Å². The molecule has 0 aliphatic heterocycles. The highest BCUT2D eigenvalue weighted by Gasteiger charge is 2.12. The minimum absolute atomic E-state index is 0.241. The predicted octanol–water partition coefficient (Wildman–Crippen LogP) is 4.61. The Labute approximate surface area is 173 Å². The molecule has 0 bridgehead atoms. The van der Waals surface area contributed by atoms with Crippen LogP contribution in [0.25, 0.3) is 0 Å². The number of rotatable bonds is 8. The van der Waals surface area contributed by atoms with E-state index in [9.17, 15) is 4.79 Å². The van der Waals surface area contributed by atoms with Gasteiger partial charge in [-0.2, -0.15) is 0 Å². The zero-order valence-electron chi connectivity index (χ0n) is 15.9. The van der Waals surface area contributed by atoms with Crippen LogP contribution in [-0.2, 0) is 19.7 Å². The highest BCUT2D eigenvalue weighted by atomic mass is 79.9. The van der Waals surface area contributed by atoms with Gasteiger partial charge in [0.1, 0.15) is 18.1 Å². The summed E-state index contributed by atoms with van der Waals surface area (Å²) in [6.45, 7) is 1.54. The van der Waals surface area contributed by atoms with Crippen molar-refractivity contribution < 1.29 is 13.9 Å². The first kappa shape index (κ1) is 20.2. The Hall–Kier alpha value is -2.57. The van der Waals surface area contributed by atoms with Crippen molar-refractivity contribution in [2.75, 3.05) is 14.1 Å². The van der Waals surface area contributed by atoms with Gasteiger partial charge in [-0.3, -0.25) is 4.79 Å². The van der Waals surface area contributed by atoms with Gasteiger partial charge < -0.3 is 19.4 Å². The van der Waals surface area contributed by atoms with Crippen LogP contribution in [0.5, 0.6) is 5.75 Å². The molecule has 28 heavy (non-hydrogen) atoms. The number of hydrogen-bond acceptors (Lipinski definition) is 4. The van der Waals surface area contributed by atoms with E-state index < -0.39 is 0 Å². The predicted molar refractivity (Wildman–Crippen MR) is 112 cm³/mol. The van der Waals surface area contributed by atoms with Crippen LogP contribution in [0.2, 0.25) is 0 Å². The Morgan fingerprint density at radius 2 is 1.75 bits per heavy atom. The first-order valence-corrected chi connectivity index (χ1v) is 9.77. The molecule has 146 valence electrons. The summed E-state index contributed by atoms with van der Waals surface area (Å²) in [5.74, 6) is 1.37. The quantitative estimate of drug-likeness (QED) is 0.553. The Balaban J connectivity index is 1.55. The molecule has 0 atom stereocenters. The second-order valence-corrected chi connectivity index (χ2v) is 7.61. The third-order valence-corrected chi connectivity index (χ3v) is 4.65. The summed E-state index contributed by atoms with van der Waals surface area (Å²) < 4.78 is 12.3. The van der Waals surface area contributed by atoms with E-state index in [4.69, 9.17) is 9.15 Å². The molecule has 0 aliphatic rings. The number of benzene rings is 2. The molecule has 6 heteroatoms. The summed E-state index contributed by atoms with van der Waals surface area (Å²) in [5.41, 5.74) is 2.28. The monoisotopic (exact) mass is 442 g/mol. The van der Waals surface area contributed by atoms with E-state index in [-0.39, 0.29) is 18.3 Å². The molecule has 1 N–H and O–H groups in total. The Morgan fingerprint density at radius 1 is 1.04 bits per heavy atom. The van der Waals surface area contributed by atoms with E-state index in [0.29, 0.717) is 12.3 Å². The second-order valence-electron chi connectivity index (χ2n) is 6.70. The molecule has 1 aromatic heterocycles. The van der Waals surface area contributed by atoms with E-state index in [1.165, 1.54) is 5.56 Å². The van der Waals surface area contributed by atoms with Crippen LogP contribution in [0.1, 0.15) is 27.4 Å². The lowest BCUT2D eigenvalue weighted by Crippen LogP contribution is -2.23. The van der Waals surface area contributed by atoms with Gasteiger partial charge in [0, 0.05) is 17.6 Å². The lowest BCUT2D eigenvalue weighted by atomic mass is 10.1. The van der Waals surface area contributed by atoms with Crippen molar-refractivity contribution in [1.82, 2.24) is 10.2 Å². The minimum atomic E-state index is -0.241. The minimum Gasteiger partial charge on any atom is -0.486 e. The van der Waals surface area contributed by atoms with Gasteiger partial charge in [0.05, 0.1) is 0 Å². The summed E-state index contributed by atoms with van der Waals surface area (Å²) in [7, 11) is 4.05. The summed E-state index contributed by atoms with van der Waals surface area (Å²) in [4.78, 5) is 14.5. The lowest BCUT2D eigenvalue weighted by Gasteiger charge is -2.14. The molecule has 0 unspecified atom stereocenters. The normalized spacial score (nSPS) is 10.9. The zero-order valence-corrected chi connectivity index (χ0v) is 17.5. The van der Waals surface area contributed by atoms with Crippen LogP contribution < -0.4 is 10.1 Å². The standard InChI is InChI=1S/C22H23BrN2O3/c1-25(2)14-17-6-4-3-5-16(17)13-24-22(26)21-12-11-20(28-21)15-27-19-9-7-18(23)8-10-19/h3-12H,13-15H2,1-2H3,(H,24,26). The van der Waals surface area contributed by atoms with Crippen LogP contribution in [0.3, 0.4) is 0 Å². The van der Waals surface area contributed by atoms with E-state index in [2.05, 4.69) is 32.2 Å². The number of carbonyl (C=O) groups is 1. The summed E-state index contributed by atoms with van der Waals surface area (Å²) in [5, 5.41) is 2.93. The molecule has 1 amide bonds. The van der Waals surface area contributed by atoms with E-state index >= 15 is 0 Å². The molecular formula is C22H23BrN2O3. The van der Waals surface area contributed by atoms with Gasteiger partial charge in [-0.05, 0) is 61.6 Å². The van der Waals surface area contributed by atoms with E-state index in [1.807, 2.05) is 56.6 Å². The molecular weight excluding hydrogens is 420 g/mol. The van der Waals surface area contributed by atoms with Crippen LogP contribution in [0.4, 0.5) is 0 Å². The molecule has 0 radical (unpaired) electrons. The second kappa shape index (κ2) is 9.57. The third kappa shape index (κ3) is 5.71. The Kier molecular flexibility index (Phi) is 6.90. The van der Waals surface area contributed by atoms with Crippen molar-refractivity contribution in [3.05, 3.63) is 87.8 Å². The maximum Gasteiger partial charge on any atom is 0.287 e. The first-order valence-electron chi connectivity index (χ1n) is 8.98. The van der Waals surface area contributed by atoms with Gasteiger partial charge >= 0.3 is 0 Å². The van der Waals surface area contributed by atoms with Gasteiger partial charge in [-0.25, -0.2) is 0 Å². The van der Waals surface area contributed by atoms with Crippen molar-refractivity contribution in [2.45, 2.75) is 19.7 Å². The fraction of sp³-hybridized carbons (Fsp3) is 0.227. The number of halogens is 1. The zero-order chi connectivity index (χ0) is 19.9. The number of hydrogen-bond donors (Lipinski definition) is 1. The molecule has 1 heterocycles. The molecule has 2 aromatic carbocycles. The molecule has 0 spiro atoms. The van der Waals surface area contributed by atoms with Crippen LogP contribution >= 0.6 is 15.9 Å². The van der Waals surface area contributed by atoms with Crippen molar-refractivity contribution in [3.8, 4) is 5.75 Å². The Bertz CT molecular complexity index is 920. The molecule has 3 aromatic rings. The first-order chi connectivity index (χ1) is 13.5. The fourth-order valence-electron chi connectivity index (χ4n) is 2.75. The van der Waals surface area contributed by atoms with Gasteiger partial charge in [-0.1, -0.05) is 40.2 Å². The molecule has 0 saturated heterocycles. The van der Waals surface area contributed by atoms with Gasteiger partial charge in [0.2, 0.25) is 0 Å². The third-order valence-electron chi connectivity index (χ3n) is 4.12.